The highest BCUT2D eigenvalue weighted by atomic mass is 35.5. The molecule has 0 aliphatic carbocycles. The Morgan fingerprint density at radius 2 is 1.96 bits per heavy atom. The van der Waals surface area contributed by atoms with Gasteiger partial charge in [-0.05, 0) is 55.7 Å². The fourth-order valence-electron chi connectivity index (χ4n) is 2.13. The van der Waals surface area contributed by atoms with Gasteiger partial charge in [-0.25, -0.2) is 5.43 Å². The van der Waals surface area contributed by atoms with E-state index in [9.17, 15) is 4.79 Å². The van der Waals surface area contributed by atoms with Crippen molar-refractivity contribution in [1.82, 2.24) is 5.43 Å². The third-order valence-electron chi connectivity index (χ3n) is 3.45. The zero-order chi connectivity index (χ0) is 18.2. The fraction of sp³-hybridized carbons (Fsp3) is 0.200. The molecule has 0 spiro atoms. The van der Waals surface area contributed by atoms with Gasteiger partial charge in [0.05, 0.1) is 6.21 Å². The van der Waals surface area contributed by atoms with Gasteiger partial charge in [0.1, 0.15) is 5.75 Å². The Hall–Kier alpha value is -2.59. The van der Waals surface area contributed by atoms with Crippen LogP contribution in [-0.2, 0) is 4.79 Å². The molecule has 0 aromatic heterocycles. The minimum Gasteiger partial charge on any atom is -0.481 e. The third-order valence-corrected chi connectivity index (χ3v) is 3.68. The largest absolute Gasteiger partial charge is 0.481 e. The standard InChI is InChI=1S/C20H21ClN2O2/c1-14(11-17-7-5-4-6-8-17)13-22-23-20(24)16(3)25-19-10-9-18(21)12-15(19)2/h4-13,16H,1-3H3,(H,23,24)/b14-11+,22-13+. The number of allylic oxidation sites excluding steroid dienone is 1. The first-order valence-electron chi connectivity index (χ1n) is 7.95. The zero-order valence-electron chi connectivity index (χ0n) is 14.5. The molecule has 0 bridgehead atoms. The van der Waals surface area contributed by atoms with Gasteiger partial charge >= 0.3 is 0 Å². The predicted octanol–water partition coefficient (Wildman–Crippen LogP) is 4.62. The van der Waals surface area contributed by atoms with Gasteiger partial charge in [0, 0.05) is 5.02 Å². The van der Waals surface area contributed by atoms with E-state index >= 15 is 0 Å². The van der Waals surface area contributed by atoms with E-state index in [1.807, 2.05) is 50.3 Å². The van der Waals surface area contributed by atoms with E-state index in [1.54, 1.807) is 31.3 Å². The fourth-order valence-corrected chi connectivity index (χ4v) is 2.35. The predicted molar refractivity (Wildman–Crippen MR) is 103 cm³/mol. The number of hydrazone groups is 1. The molecule has 1 atom stereocenters. The Morgan fingerprint density at radius 1 is 1.24 bits per heavy atom. The second kappa shape index (κ2) is 9.04. The number of nitrogens with one attached hydrogen (secondary N) is 1. The van der Waals surface area contributed by atoms with E-state index < -0.39 is 6.10 Å². The molecule has 2 aromatic carbocycles. The summed E-state index contributed by atoms with van der Waals surface area (Å²) in [5.74, 6) is 0.300. The van der Waals surface area contributed by atoms with E-state index in [-0.39, 0.29) is 5.91 Å². The van der Waals surface area contributed by atoms with Gasteiger partial charge in [-0.1, -0.05) is 48.0 Å². The smallest absolute Gasteiger partial charge is 0.280 e. The van der Waals surface area contributed by atoms with Crippen molar-refractivity contribution < 1.29 is 9.53 Å². The minimum atomic E-state index is -0.671. The van der Waals surface area contributed by atoms with Gasteiger partial charge in [-0.3, -0.25) is 4.79 Å². The summed E-state index contributed by atoms with van der Waals surface area (Å²) in [4.78, 5) is 12.1. The quantitative estimate of drug-likeness (QED) is 0.606. The van der Waals surface area contributed by atoms with Gasteiger partial charge in [0.15, 0.2) is 6.10 Å². The second-order valence-electron chi connectivity index (χ2n) is 5.70. The summed E-state index contributed by atoms with van der Waals surface area (Å²) in [6.07, 6.45) is 2.91. The van der Waals surface area contributed by atoms with Gasteiger partial charge in [-0.15, -0.1) is 0 Å². The third kappa shape index (κ3) is 6.08. The molecule has 1 N–H and O–H groups in total. The summed E-state index contributed by atoms with van der Waals surface area (Å²) in [5, 5.41) is 4.60. The number of rotatable bonds is 6. The van der Waals surface area contributed by atoms with E-state index in [2.05, 4.69) is 10.5 Å². The van der Waals surface area contributed by atoms with Crippen LogP contribution in [0.5, 0.6) is 5.75 Å². The van der Waals surface area contributed by atoms with Gasteiger partial charge in [0.2, 0.25) is 0 Å². The Balaban J connectivity index is 1.89. The van der Waals surface area contributed by atoms with Crippen LogP contribution >= 0.6 is 11.6 Å². The number of ether oxygens (including phenoxy) is 1. The number of aryl methyl sites for hydroxylation is 1. The zero-order valence-corrected chi connectivity index (χ0v) is 15.2. The van der Waals surface area contributed by atoms with Gasteiger partial charge < -0.3 is 4.74 Å². The number of benzene rings is 2. The number of amides is 1. The molecule has 1 unspecified atom stereocenters. The summed E-state index contributed by atoms with van der Waals surface area (Å²) in [6, 6.07) is 15.2. The van der Waals surface area contributed by atoms with E-state index in [0.29, 0.717) is 10.8 Å². The summed E-state index contributed by atoms with van der Waals surface area (Å²) >= 11 is 5.91. The van der Waals surface area contributed by atoms with Crippen LogP contribution in [0.15, 0.2) is 59.2 Å². The van der Waals surface area contributed by atoms with Crippen LogP contribution in [0.1, 0.15) is 25.0 Å². The van der Waals surface area contributed by atoms with Gasteiger partial charge in [-0.2, -0.15) is 5.10 Å². The summed E-state index contributed by atoms with van der Waals surface area (Å²) in [6.45, 7) is 5.47. The van der Waals surface area contributed by atoms with Crippen molar-refractivity contribution in [3.05, 3.63) is 70.3 Å². The molecular formula is C20H21ClN2O2. The van der Waals surface area contributed by atoms with E-state index in [0.717, 1.165) is 16.7 Å². The van der Waals surface area contributed by atoms with Crippen molar-refractivity contribution in [2.45, 2.75) is 26.9 Å². The highest BCUT2D eigenvalue weighted by molar-refractivity contribution is 6.30. The number of carbonyl (C=O) groups excluding carboxylic acids is 1. The van der Waals surface area contributed by atoms with Gasteiger partial charge in [0.25, 0.3) is 5.91 Å². The van der Waals surface area contributed by atoms with E-state index in [4.69, 9.17) is 16.3 Å². The maximum absolute atomic E-state index is 12.1. The highest BCUT2D eigenvalue weighted by Gasteiger charge is 2.15. The molecule has 0 aliphatic heterocycles. The van der Waals surface area contributed by atoms with Crippen LogP contribution in [0.3, 0.4) is 0 Å². The number of hydrogen-bond donors (Lipinski definition) is 1. The maximum atomic E-state index is 12.1. The molecular weight excluding hydrogens is 336 g/mol. The first-order valence-corrected chi connectivity index (χ1v) is 8.32. The number of hydrogen-bond acceptors (Lipinski definition) is 3. The summed E-state index contributed by atoms with van der Waals surface area (Å²) in [5.41, 5.74) is 5.36. The molecule has 4 nitrogen and oxygen atoms in total. The first-order chi connectivity index (χ1) is 12.0. The van der Waals surface area contributed by atoms with Crippen molar-refractivity contribution in [3.63, 3.8) is 0 Å². The molecule has 2 rings (SSSR count). The molecule has 1 amide bonds. The van der Waals surface area contributed by atoms with Crippen LogP contribution in [0, 0.1) is 6.92 Å². The second-order valence-corrected chi connectivity index (χ2v) is 6.14. The lowest BCUT2D eigenvalue weighted by molar-refractivity contribution is -0.127. The van der Waals surface area contributed by atoms with Crippen LogP contribution in [0.4, 0.5) is 0 Å². The number of halogens is 1. The molecule has 0 radical (unpaired) electrons. The molecule has 0 aliphatic rings. The molecule has 0 saturated carbocycles. The molecule has 0 heterocycles. The summed E-state index contributed by atoms with van der Waals surface area (Å²) < 4.78 is 5.66. The Morgan fingerprint density at radius 3 is 2.64 bits per heavy atom. The Bertz CT molecular complexity index is 786. The minimum absolute atomic E-state index is 0.321. The number of carbonyl (C=O) groups is 1. The van der Waals surface area contributed by atoms with Crippen LogP contribution in [0.25, 0.3) is 6.08 Å². The van der Waals surface area contributed by atoms with Crippen molar-refractivity contribution in [3.8, 4) is 5.75 Å². The first kappa shape index (κ1) is 18.7. The lowest BCUT2D eigenvalue weighted by Crippen LogP contribution is -2.33. The molecule has 0 saturated heterocycles. The highest BCUT2D eigenvalue weighted by Crippen LogP contribution is 2.22. The molecule has 2 aromatic rings. The van der Waals surface area contributed by atoms with Crippen molar-refractivity contribution in [2.75, 3.05) is 0 Å². The van der Waals surface area contributed by atoms with Crippen molar-refractivity contribution in [2.24, 2.45) is 5.10 Å². The molecule has 0 fully saturated rings. The van der Waals surface area contributed by atoms with Crippen LogP contribution in [-0.4, -0.2) is 18.2 Å². The van der Waals surface area contributed by atoms with Crippen LogP contribution < -0.4 is 10.2 Å². The average molecular weight is 357 g/mol. The maximum Gasteiger partial charge on any atom is 0.280 e. The lowest BCUT2D eigenvalue weighted by atomic mass is 10.1. The average Bonchev–Trinajstić information content (AvgIpc) is 2.58. The van der Waals surface area contributed by atoms with Crippen LogP contribution in [0.2, 0.25) is 5.02 Å². The van der Waals surface area contributed by atoms with Crippen molar-refractivity contribution >= 4 is 29.8 Å². The normalized spacial score (nSPS) is 12.9. The number of nitrogens with zero attached hydrogens (tertiary/aromatic N) is 1. The molecule has 25 heavy (non-hydrogen) atoms. The topological polar surface area (TPSA) is 50.7 Å². The lowest BCUT2D eigenvalue weighted by Gasteiger charge is -2.14. The SMILES string of the molecule is CC(/C=N/NC(=O)C(C)Oc1ccc(Cl)cc1C)=C\c1ccccc1. The Kier molecular flexibility index (Phi) is 6.78. The Labute approximate surface area is 153 Å². The molecule has 130 valence electrons. The summed E-state index contributed by atoms with van der Waals surface area (Å²) in [7, 11) is 0. The van der Waals surface area contributed by atoms with E-state index in [1.165, 1.54) is 0 Å². The van der Waals surface area contributed by atoms with Crippen molar-refractivity contribution in [1.29, 1.82) is 0 Å². The monoisotopic (exact) mass is 356 g/mol. The molecule has 5 heteroatoms.